The molecule has 13 heteroatoms. The lowest BCUT2D eigenvalue weighted by molar-refractivity contribution is -0.137. The van der Waals surface area contributed by atoms with E-state index in [1.807, 2.05) is 0 Å². The molecule has 3 aromatic rings. The van der Waals surface area contributed by atoms with E-state index in [-0.39, 0.29) is 12.4 Å². The summed E-state index contributed by atoms with van der Waals surface area (Å²) in [6, 6.07) is 9.35. The van der Waals surface area contributed by atoms with Crippen LogP contribution in [0.15, 0.2) is 42.5 Å². The summed E-state index contributed by atoms with van der Waals surface area (Å²) in [5, 5.41) is 8.17. The number of amides is 3. The van der Waals surface area contributed by atoms with Crippen molar-refractivity contribution >= 4 is 29.1 Å². The lowest BCUT2D eigenvalue weighted by Crippen LogP contribution is -2.46. The molecule has 0 radical (unpaired) electrons. The van der Waals surface area contributed by atoms with Gasteiger partial charge in [0.1, 0.15) is 11.2 Å². The third-order valence-corrected chi connectivity index (χ3v) is 5.87. The van der Waals surface area contributed by atoms with Gasteiger partial charge in [-0.15, -0.1) is 0 Å². The third-order valence-electron chi connectivity index (χ3n) is 5.87. The van der Waals surface area contributed by atoms with Gasteiger partial charge in [0.25, 0.3) is 5.91 Å². The largest absolute Gasteiger partial charge is 0.444 e. The van der Waals surface area contributed by atoms with Crippen LogP contribution in [0.5, 0.6) is 0 Å². The minimum atomic E-state index is -4.43. The normalized spacial score (nSPS) is 12.9. The van der Waals surface area contributed by atoms with Gasteiger partial charge in [0.05, 0.1) is 16.6 Å². The standard InChI is InChI=1S/C30H38F3N5O5/c1-28(2,3)42-26(40)34-15-7-8-21(36-27(41)43-29(4,5)6)17-35-25(39)24-37-22-14-11-19(16-23(22)38-24)18-9-12-20(13-10-18)30(31,32)33/h9-14,16,21H,7-8,15,17H2,1-6H3,(H,34,40)(H,35,39)(H,36,41)(H,37,38)/t21-/m0/s1. The van der Waals surface area contributed by atoms with Crippen LogP contribution in [0.25, 0.3) is 22.2 Å². The first-order valence-corrected chi connectivity index (χ1v) is 13.8. The van der Waals surface area contributed by atoms with Gasteiger partial charge in [0.2, 0.25) is 0 Å². The average molecular weight is 606 g/mol. The van der Waals surface area contributed by atoms with Gasteiger partial charge in [-0.25, -0.2) is 14.6 Å². The van der Waals surface area contributed by atoms with Crippen LogP contribution in [0.4, 0.5) is 22.8 Å². The Kier molecular flexibility index (Phi) is 10.3. The minimum Gasteiger partial charge on any atom is -0.444 e. The molecule has 0 spiro atoms. The van der Waals surface area contributed by atoms with Crippen LogP contribution in [0.3, 0.4) is 0 Å². The number of halogens is 3. The Morgan fingerprint density at radius 1 is 0.860 bits per heavy atom. The Hall–Kier alpha value is -4.29. The fraction of sp³-hybridized carbons (Fsp3) is 0.467. The zero-order chi connectivity index (χ0) is 32.0. The first-order chi connectivity index (χ1) is 19.9. The third kappa shape index (κ3) is 10.8. The highest BCUT2D eigenvalue weighted by atomic mass is 19.4. The van der Waals surface area contributed by atoms with Gasteiger partial charge in [-0.1, -0.05) is 18.2 Å². The number of imidazole rings is 1. The quantitative estimate of drug-likeness (QED) is 0.215. The van der Waals surface area contributed by atoms with Crippen molar-refractivity contribution in [3.63, 3.8) is 0 Å². The van der Waals surface area contributed by atoms with E-state index in [4.69, 9.17) is 9.47 Å². The molecular weight excluding hydrogens is 567 g/mol. The molecule has 0 bridgehead atoms. The van der Waals surface area contributed by atoms with E-state index in [2.05, 4.69) is 25.9 Å². The smallest absolute Gasteiger partial charge is 0.416 e. The molecule has 1 atom stereocenters. The number of rotatable bonds is 9. The van der Waals surface area contributed by atoms with Gasteiger partial charge in [-0.2, -0.15) is 13.2 Å². The van der Waals surface area contributed by atoms with Crippen LogP contribution in [0.1, 0.15) is 70.6 Å². The highest BCUT2D eigenvalue weighted by molar-refractivity contribution is 5.95. The summed E-state index contributed by atoms with van der Waals surface area (Å²) in [5.41, 5.74) is 0.146. The van der Waals surface area contributed by atoms with E-state index in [1.165, 1.54) is 12.1 Å². The number of hydrogen-bond acceptors (Lipinski definition) is 6. The maximum absolute atomic E-state index is 12.9. The second-order valence-electron chi connectivity index (χ2n) is 12.0. The topological polar surface area (TPSA) is 134 Å². The predicted octanol–water partition coefficient (Wildman–Crippen LogP) is 6.18. The first-order valence-electron chi connectivity index (χ1n) is 13.8. The first kappa shape index (κ1) is 33.2. The molecule has 0 saturated carbocycles. The molecule has 4 N–H and O–H groups in total. The molecule has 2 aromatic carbocycles. The molecule has 0 fully saturated rings. The molecule has 0 unspecified atom stereocenters. The van der Waals surface area contributed by atoms with E-state index >= 15 is 0 Å². The number of aromatic nitrogens is 2. The van der Waals surface area contributed by atoms with Gasteiger partial charge in [0, 0.05) is 19.1 Å². The minimum absolute atomic E-state index is 0.0298. The van der Waals surface area contributed by atoms with Gasteiger partial charge in [-0.05, 0) is 89.8 Å². The van der Waals surface area contributed by atoms with Crippen molar-refractivity contribution in [2.24, 2.45) is 0 Å². The number of nitrogens with zero attached hydrogens (tertiary/aromatic N) is 1. The molecule has 1 heterocycles. The monoisotopic (exact) mass is 605 g/mol. The van der Waals surface area contributed by atoms with Gasteiger partial charge < -0.3 is 30.4 Å². The average Bonchev–Trinajstić information content (AvgIpc) is 3.30. The number of alkyl carbamates (subject to hydrolysis) is 2. The fourth-order valence-electron chi connectivity index (χ4n) is 4.00. The Morgan fingerprint density at radius 2 is 1.47 bits per heavy atom. The van der Waals surface area contributed by atoms with Crippen LogP contribution in [-0.4, -0.2) is 58.4 Å². The highest BCUT2D eigenvalue weighted by Crippen LogP contribution is 2.31. The molecule has 43 heavy (non-hydrogen) atoms. The molecule has 1 aromatic heterocycles. The number of H-pyrrole nitrogens is 1. The maximum Gasteiger partial charge on any atom is 0.416 e. The number of fused-ring (bicyclic) bond motifs is 1. The summed E-state index contributed by atoms with van der Waals surface area (Å²) in [6.07, 6.45) is -4.74. The fourth-order valence-corrected chi connectivity index (χ4v) is 4.00. The molecule has 234 valence electrons. The van der Waals surface area contributed by atoms with Gasteiger partial charge >= 0.3 is 18.4 Å². The summed E-state index contributed by atoms with van der Waals surface area (Å²) >= 11 is 0. The van der Waals surface area contributed by atoms with Crippen LogP contribution >= 0.6 is 0 Å². The zero-order valence-electron chi connectivity index (χ0n) is 25.1. The molecular formula is C30H38F3N5O5. The Balaban J connectivity index is 1.64. The van der Waals surface area contributed by atoms with E-state index in [0.717, 1.165) is 12.1 Å². The molecule has 0 saturated heterocycles. The summed E-state index contributed by atoms with van der Waals surface area (Å²) < 4.78 is 49.3. The number of nitrogens with one attached hydrogen (secondary N) is 4. The maximum atomic E-state index is 12.9. The molecule has 3 amide bonds. The van der Waals surface area contributed by atoms with Crippen molar-refractivity contribution in [2.45, 2.75) is 77.8 Å². The van der Waals surface area contributed by atoms with Crippen LogP contribution < -0.4 is 16.0 Å². The summed E-state index contributed by atoms with van der Waals surface area (Å²) in [7, 11) is 0. The van der Waals surface area contributed by atoms with Crippen molar-refractivity contribution in [3.8, 4) is 11.1 Å². The molecule has 3 rings (SSSR count). The second kappa shape index (κ2) is 13.3. The van der Waals surface area contributed by atoms with Crippen LogP contribution in [0, 0.1) is 0 Å². The Morgan fingerprint density at radius 3 is 2.07 bits per heavy atom. The number of ether oxygens (including phenoxy) is 2. The van der Waals surface area contributed by atoms with Crippen molar-refractivity contribution in [3.05, 3.63) is 53.9 Å². The number of carbonyl (C=O) groups is 3. The van der Waals surface area contributed by atoms with Crippen LogP contribution in [-0.2, 0) is 15.7 Å². The van der Waals surface area contributed by atoms with Gasteiger partial charge in [-0.3, -0.25) is 4.79 Å². The second-order valence-corrected chi connectivity index (χ2v) is 12.0. The lowest BCUT2D eigenvalue weighted by atomic mass is 10.0. The highest BCUT2D eigenvalue weighted by Gasteiger charge is 2.30. The zero-order valence-corrected chi connectivity index (χ0v) is 25.1. The number of benzene rings is 2. The predicted molar refractivity (Wildman–Crippen MR) is 155 cm³/mol. The summed E-state index contributed by atoms with van der Waals surface area (Å²) in [6.45, 7) is 10.8. The molecule has 10 nitrogen and oxygen atoms in total. The van der Waals surface area contributed by atoms with E-state index in [0.29, 0.717) is 41.5 Å². The van der Waals surface area contributed by atoms with Crippen molar-refractivity contribution in [2.75, 3.05) is 13.1 Å². The van der Waals surface area contributed by atoms with Crippen molar-refractivity contribution < 1.29 is 37.0 Å². The number of aromatic amines is 1. The van der Waals surface area contributed by atoms with E-state index in [1.54, 1.807) is 59.7 Å². The van der Waals surface area contributed by atoms with E-state index < -0.39 is 47.1 Å². The number of carbonyl (C=O) groups excluding carboxylic acids is 3. The lowest BCUT2D eigenvalue weighted by Gasteiger charge is -2.24. The number of hydrogen-bond donors (Lipinski definition) is 4. The molecule has 0 aliphatic rings. The summed E-state index contributed by atoms with van der Waals surface area (Å²) in [5.74, 6) is -0.489. The number of alkyl halides is 3. The molecule has 0 aliphatic heterocycles. The Labute approximate surface area is 248 Å². The van der Waals surface area contributed by atoms with Crippen LogP contribution in [0.2, 0.25) is 0 Å². The Bertz CT molecular complexity index is 1420. The van der Waals surface area contributed by atoms with Crippen molar-refractivity contribution in [1.82, 2.24) is 25.9 Å². The van der Waals surface area contributed by atoms with Gasteiger partial charge in [0.15, 0.2) is 5.82 Å². The molecule has 0 aliphatic carbocycles. The van der Waals surface area contributed by atoms with Crippen molar-refractivity contribution in [1.29, 1.82) is 0 Å². The summed E-state index contributed by atoms with van der Waals surface area (Å²) in [4.78, 5) is 44.5. The SMILES string of the molecule is CC(C)(C)OC(=O)NCCC[C@@H](CNC(=O)c1nc2cc(-c3ccc(C(F)(F)F)cc3)ccc2[nH]1)NC(=O)OC(C)(C)C. The van der Waals surface area contributed by atoms with E-state index in [9.17, 15) is 27.6 Å².